The van der Waals surface area contributed by atoms with E-state index >= 15 is 0 Å². The summed E-state index contributed by atoms with van der Waals surface area (Å²) in [6.45, 7) is 10.2. The van der Waals surface area contributed by atoms with Crippen LogP contribution in [0.1, 0.15) is 61.2 Å². The van der Waals surface area contributed by atoms with Gasteiger partial charge in [0.25, 0.3) is 11.5 Å². The van der Waals surface area contributed by atoms with Crippen LogP contribution in [-0.2, 0) is 24.2 Å². The fraction of sp³-hybridized carbons (Fsp3) is 0.600. The summed E-state index contributed by atoms with van der Waals surface area (Å²) in [6, 6.07) is 1.95. The average molecular weight is 504 g/mol. The Morgan fingerprint density at radius 2 is 1.91 bits per heavy atom. The molecule has 0 bridgehead atoms. The van der Waals surface area contributed by atoms with Gasteiger partial charge < -0.3 is 15.5 Å². The summed E-state index contributed by atoms with van der Waals surface area (Å²) in [5.41, 5.74) is 6.12. The van der Waals surface area contributed by atoms with E-state index in [2.05, 4.69) is 11.9 Å². The van der Waals surface area contributed by atoms with Crippen molar-refractivity contribution < 1.29 is 9.59 Å². The van der Waals surface area contributed by atoms with Crippen LogP contribution in [0.3, 0.4) is 0 Å². The van der Waals surface area contributed by atoms with E-state index in [0.29, 0.717) is 17.3 Å². The Morgan fingerprint density at radius 1 is 1.23 bits per heavy atom. The Kier molecular flexibility index (Phi) is 8.25. The fourth-order valence-electron chi connectivity index (χ4n) is 4.43. The van der Waals surface area contributed by atoms with Crippen molar-refractivity contribution in [3.05, 3.63) is 42.2 Å². The lowest BCUT2D eigenvalue weighted by Crippen LogP contribution is -2.47. The van der Waals surface area contributed by atoms with Crippen LogP contribution >= 0.6 is 11.3 Å². The molecule has 3 N–H and O–H groups in total. The number of nitrogens with one attached hydrogen (secondary N) is 1. The minimum absolute atomic E-state index is 0.0234. The van der Waals surface area contributed by atoms with E-state index in [4.69, 9.17) is 5.73 Å². The standard InChI is InChI=1S/C25H37N5O4S/c1-14(2)11-29(21-22(26)30(12-15(3)4)25(34)27-23(21)32)20(31)13-28(6)24(33)19-10-17-9-16(5)7-8-18(17)35-19/h10,14-16H,7-9,11-13,26H2,1-6H3,(H,27,32,34)/t16-/m0/s1. The molecule has 2 aromatic heterocycles. The summed E-state index contributed by atoms with van der Waals surface area (Å²) < 4.78 is 1.29. The number of fused-ring (bicyclic) bond motifs is 1. The zero-order valence-corrected chi connectivity index (χ0v) is 22.3. The second kappa shape index (κ2) is 10.8. The number of hydrogen-bond donors (Lipinski definition) is 2. The van der Waals surface area contributed by atoms with E-state index in [1.54, 1.807) is 7.05 Å². The van der Waals surface area contributed by atoms with Crippen LogP contribution < -0.4 is 21.9 Å². The lowest BCUT2D eigenvalue weighted by Gasteiger charge is -2.28. The molecule has 9 nitrogen and oxygen atoms in total. The van der Waals surface area contributed by atoms with Crippen molar-refractivity contribution in [1.29, 1.82) is 0 Å². The van der Waals surface area contributed by atoms with Crippen molar-refractivity contribution in [3.63, 3.8) is 0 Å². The van der Waals surface area contributed by atoms with Crippen LogP contribution in [0.5, 0.6) is 0 Å². The van der Waals surface area contributed by atoms with E-state index in [1.165, 1.54) is 36.1 Å². The zero-order chi connectivity index (χ0) is 26.0. The number of amides is 2. The monoisotopic (exact) mass is 503 g/mol. The first-order valence-electron chi connectivity index (χ1n) is 12.2. The molecule has 1 aliphatic rings. The number of carbonyl (C=O) groups is 2. The molecule has 2 aromatic rings. The maximum Gasteiger partial charge on any atom is 0.330 e. The van der Waals surface area contributed by atoms with Gasteiger partial charge in [0.2, 0.25) is 5.91 Å². The van der Waals surface area contributed by atoms with Gasteiger partial charge in [0, 0.05) is 25.0 Å². The number of nitrogens with two attached hydrogens (primary N) is 1. The second-order valence-electron chi connectivity index (χ2n) is 10.5. The molecule has 0 saturated heterocycles. The molecule has 1 atom stereocenters. The van der Waals surface area contributed by atoms with E-state index in [9.17, 15) is 19.2 Å². The van der Waals surface area contributed by atoms with E-state index in [1.807, 2.05) is 33.8 Å². The largest absolute Gasteiger partial charge is 0.383 e. The van der Waals surface area contributed by atoms with Gasteiger partial charge in [-0.05, 0) is 48.6 Å². The van der Waals surface area contributed by atoms with E-state index in [0.717, 1.165) is 19.3 Å². The van der Waals surface area contributed by atoms with Crippen LogP contribution in [0.4, 0.5) is 11.5 Å². The number of thiophene rings is 1. The summed E-state index contributed by atoms with van der Waals surface area (Å²) in [5.74, 6) is 0.0292. The van der Waals surface area contributed by atoms with Gasteiger partial charge in [-0.15, -0.1) is 11.3 Å². The lowest BCUT2D eigenvalue weighted by atomic mass is 9.90. The quantitative estimate of drug-likeness (QED) is 0.574. The van der Waals surface area contributed by atoms with E-state index in [-0.39, 0.29) is 42.3 Å². The molecule has 1 aliphatic carbocycles. The number of rotatable bonds is 8. The Hall–Kier alpha value is -2.88. The van der Waals surface area contributed by atoms with Gasteiger partial charge in [-0.3, -0.25) is 23.9 Å². The van der Waals surface area contributed by atoms with Crippen LogP contribution in [-0.4, -0.2) is 46.4 Å². The number of aryl methyl sites for hydroxylation is 1. The maximum absolute atomic E-state index is 13.4. The Balaban J connectivity index is 1.88. The molecule has 3 rings (SSSR count). The van der Waals surface area contributed by atoms with Gasteiger partial charge in [0.1, 0.15) is 12.4 Å². The molecule has 2 heterocycles. The molecule has 35 heavy (non-hydrogen) atoms. The van der Waals surface area contributed by atoms with Gasteiger partial charge in [-0.1, -0.05) is 34.6 Å². The Bertz CT molecular complexity index is 1210. The highest BCUT2D eigenvalue weighted by Crippen LogP contribution is 2.32. The third-order valence-corrected chi connectivity index (χ3v) is 7.36. The molecule has 192 valence electrons. The van der Waals surface area contributed by atoms with Crippen molar-refractivity contribution in [2.24, 2.45) is 17.8 Å². The predicted octanol–water partition coefficient (Wildman–Crippen LogP) is 2.72. The molecule has 0 spiro atoms. The molecular weight excluding hydrogens is 466 g/mol. The third-order valence-electron chi connectivity index (χ3n) is 6.14. The third kappa shape index (κ3) is 6.04. The van der Waals surface area contributed by atoms with Crippen LogP contribution in [0.2, 0.25) is 0 Å². The normalized spacial score (nSPS) is 15.4. The van der Waals surface area contributed by atoms with Crippen LogP contribution in [0.15, 0.2) is 15.7 Å². The Morgan fingerprint density at radius 3 is 2.54 bits per heavy atom. The highest BCUT2D eigenvalue weighted by Gasteiger charge is 2.28. The second-order valence-corrected chi connectivity index (χ2v) is 11.6. The SMILES string of the molecule is CC(C)CN(C(=O)CN(C)C(=O)c1cc2c(s1)CC[C@H](C)C2)c1c(N)n(CC(C)C)c(=O)[nH]c1=O. The van der Waals surface area contributed by atoms with Gasteiger partial charge in [-0.25, -0.2) is 4.79 Å². The number of anilines is 2. The zero-order valence-electron chi connectivity index (χ0n) is 21.5. The predicted molar refractivity (Wildman–Crippen MR) is 140 cm³/mol. The number of hydrogen-bond acceptors (Lipinski definition) is 6. The summed E-state index contributed by atoms with van der Waals surface area (Å²) in [6.07, 6.45) is 3.07. The molecule has 0 unspecified atom stereocenters. The van der Waals surface area contributed by atoms with E-state index < -0.39 is 17.2 Å². The molecule has 0 fully saturated rings. The number of carbonyl (C=O) groups excluding carboxylic acids is 2. The van der Waals surface area contributed by atoms with Crippen molar-refractivity contribution in [3.8, 4) is 0 Å². The first kappa shape index (κ1) is 26.7. The van der Waals surface area contributed by atoms with Crippen LogP contribution in [0, 0.1) is 17.8 Å². The van der Waals surface area contributed by atoms with Crippen LogP contribution in [0.25, 0.3) is 0 Å². The van der Waals surface area contributed by atoms with Crippen molar-refractivity contribution in [2.75, 3.05) is 30.8 Å². The minimum Gasteiger partial charge on any atom is -0.383 e. The minimum atomic E-state index is -0.712. The van der Waals surface area contributed by atoms with Gasteiger partial charge in [0.05, 0.1) is 4.88 Å². The van der Waals surface area contributed by atoms with Crippen molar-refractivity contribution >= 4 is 34.7 Å². The number of nitrogen functional groups attached to an aromatic ring is 1. The van der Waals surface area contributed by atoms with Gasteiger partial charge >= 0.3 is 5.69 Å². The average Bonchev–Trinajstić information content (AvgIpc) is 3.17. The molecule has 0 aliphatic heterocycles. The number of nitrogens with zero attached hydrogens (tertiary/aromatic N) is 3. The summed E-state index contributed by atoms with van der Waals surface area (Å²) in [7, 11) is 1.59. The first-order chi connectivity index (χ1) is 16.4. The maximum atomic E-state index is 13.4. The molecular formula is C25H37N5O4S. The molecule has 2 amide bonds. The summed E-state index contributed by atoms with van der Waals surface area (Å²) in [4.78, 5) is 58.6. The number of H-pyrrole nitrogens is 1. The molecule has 10 heteroatoms. The van der Waals surface area contributed by atoms with Gasteiger partial charge in [-0.2, -0.15) is 0 Å². The topological polar surface area (TPSA) is 121 Å². The first-order valence-corrected chi connectivity index (χ1v) is 13.0. The molecule has 0 saturated carbocycles. The highest BCUT2D eigenvalue weighted by atomic mass is 32.1. The van der Waals surface area contributed by atoms with Crippen molar-refractivity contribution in [2.45, 2.75) is 60.4 Å². The fourth-order valence-corrected chi connectivity index (χ4v) is 5.63. The summed E-state index contributed by atoms with van der Waals surface area (Å²) in [5, 5.41) is 0. The molecule has 0 aromatic carbocycles. The highest BCUT2D eigenvalue weighted by molar-refractivity contribution is 7.14. The Labute approximate surface area is 209 Å². The van der Waals surface area contributed by atoms with Gasteiger partial charge in [0.15, 0.2) is 5.69 Å². The smallest absolute Gasteiger partial charge is 0.330 e. The summed E-state index contributed by atoms with van der Waals surface area (Å²) >= 11 is 1.50. The lowest BCUT2D eigenvalue weighted by molar-refractivity contribution is -0.119. The number of likely N-dealkylation sites (N-methyl/N-ethyl adjacent to an activating group) is 1. The van der Waals surface area contributed by atoms with Crippen molar-refractivity contribution in [1.82, 2.24) is 14.5 Å². The molecule has 0 radical (unpaired) electrons. The number of aromatic nitrogens is 2. The number of aromatic amines is 1.